The quantitative estimate of drug-likeness (QED) is 0.453. The van der Waals surface area contributed by atoms with Gasteiger partial charge in [-0.3, -0.25) is 0 Å². The fraction of sp³-hybridized carbons (Fsp3) is 0.588. The van der Waals surface area contributed by atoms with Gasteiger partial charge in [0.25, 0.3) is 0 Å². The van der Waals surface area contributed by atoms with E-state index in [0.29, 0.717) is 6.61 Å². The number of hydrogen-bond acceptors (Lipinski definition) is 5. The molecule has 2 unspecified atom stereocenters. The third kappa shape index (κ3) is 4.18. The Kier molecular flexibility index (Phi) is 6.44. The number of nitriles is 1. The summed E-state index contributed by atoms with van der Waals surface area (Å²) in [5.74, 6) is 0.842. The number of benzene rings is 1. The zero-order valence-electron chi connectivity index (χ0n) is 14.1. The molecule has 0 saturated carbocycles. The van der Waals surface area contributed by atoms with E-state index in [9.17, 15) is 5.26 Å². The van der Waals surface area contributed by atoms with Gasteiger partial charge in [-0.2, -0.15) is 5.26 Å². The molecule has 1 heterocycles. The Morgan fingerprint density at radius 1 is 1.29 bits per heavy atom. The number of ether oxygens (including phenoxy) is 3. The summed E-state index contributed by atoms with van der Waals surface area (Å²) in [6, 6.07) is 9.42. The maximum atomic E-state index is 9.23. The molecule has 5 atom stereocenters. The van der Waals surface area contributed by atoms with Crippen LogP contribution in [0.4, 0.5) is 0 Å². The molecule has 1 saturated heterocycles. The van der Waals surface area contributed by atoms with E-state index in [0.717, 1.165) is 11.3 Å². The highest BCUT2D eigenvalue weighted by molar-refractivity contribution is 5.26. The highest BCUT2D eigenvalue weighted by Gasteiger charge is 2.41. The predicted molar refractivity (Wildman–Crippen MR) is 88.2 cm³/mol. The fourth-order valence-electron chi connectivity index (χ4n) is 2.86. The van der Waals surface area contributed by atoms with Crippen LogP contribution in [0.3, 0.4) is 0 Å². The van der Waals surface area contributed by atoms with Gasteiger partial charge >= 0.3 is 0 Å². The van der Waals surface area contributed by atoms with Gasteiger partial charge in [0.2, 0.25) is 0 Å². The van der Waals surface area contributed by atoms with Gasteiger partial charge in [-0.25, -0.2) is 0 Å². The molecule has 1 fully saturated rings. The van der Waals surface area contributed by atoms with E-state index < -0.39 is 12.2 Å². The molecule has 1 aromatic rings. The van der Waals surface area contributed by atoms with Gasteiger partial charge in [-0.15, -0.1) is 0 Å². The number of nitrogens with zero attached hydrogens (tertiary/aromatic N) is 4. The van der Waals surface area contributed by atoms with Crippen LogP contribution >= 0.6 is 0 Å². The lowest BCUT2D eigenvalue weighted by Crippen LogP contribution is -2.49. The zero-order chi connectivity index (χ0) is 17.5. The molecule has 0 amide bonds. The van der Waals surface area contributed by atoms with E-state index in [1.165, 1.54) is 0 Å². The minimum atomic E-state index is -0.514. The van der Waals surface area contributed by atoms with Crippen molar-refractivity contribution in [2.24, 2.45) is 17.0 Å². The monoisotopic (exact) mass is 330 g/mol. The van der Waals surface area contributed by atoms with Crippen LogP contribution in [0.2, 0.25) is 0 Å². The topological polar surface area (TPSA) is 100 Å². The minimum Gasteiger partial charge on any atom is -0.497 e. The Morgan fingerprint density at radius 3 is 2.58 bits per heavy atom. The second-order valence-electron chi connectivity index (χ2n) is 6.00. The molecule has 0 radical (unpaired) electrons. The van der Waals surface area contributed by atoms with Gasteiger partial charge in [0.15, 0.2) is 0 Å². The first kappa shape index (κ1) is 18.1. The van der Waals surface area contributed by atoms with E-state index in [1.807, 2.05) is 38.1 Å². The van der Waals surface area contributed by atoms with Crippen molar-refractivity contribution in [2.45, 2.75) is 38.7 Å². The fourth-order valence-corrected chi connectivity index (χ4v) is 2.86. The van der Waals surface area contributed by atoms with Crippen LogP contribution in [0.25, 0.3) is 10.4 Å². The first-order valence-corrected chi connectivity index (χ1v) is 7.90. The zero-order valence-corrected chi connectivity index (χ0v) is 14.1. The van der Waals surface area contributed by atoms with Crippen LogP contribution in [0.5, 0.6) is 5.75 Å². The molecule has 0 aromatic heterocycles. The lowest BCUT2D eigenvalue weighted by molar-refractivity contribution is -0.118. The summed E-state index contributed by atoms with van der Waals surface area (Å²) < 4.78 is 16.6. The third-order valence-corrected chi connectivity index (χ3v) is 4.57. The molecule has 0 N–H and O–H groups in total. The van der Waals surface area contributed by atoms with Crippen molar-refractivity contribution in [3.05, 3.63) is 40.3 Å². The number of azide groups is 1. The average Bonchev–Trinajstić information content (AvgIpc) is 2.61. The van der Waals surface area contributed by atoms with Crippen molar-refractivity contribution in [1.29, 1.82) is 5.26 Å². The van der Waals surface area contributed by atoms with Crippen LogP contribution in [0, 0.1) is 23.2 Å². The summed E-state index contributed by atoms with van der Waals surface area (Å²) in [6.07, 6.45) is -0.935. The van der Waals surface area contributed by atoms with Crippen LogP contribution in [0.15, 0.2) is 29.4 Å². The number of hydrogen-bond donors (Lipinski definition) is 0. The van der Waals surface area contributed by atoms with Crippen molar-refractivity contribution in [3.8, 4) is 11.8 Å². The van der Waals surface area contributed by atoms with Crippen molar-refractivity contribution in [3.63, 3.8) is 0 Å². The molecule has 1 aliphatic heterocycles. The van der Waals surface area contributed by atoms with Gasteiger partial charge < -0.3 is 14.2 Å². The van der Waals surface area contributed by atoms with Gasteiger partial charge in [-0.05, 0) is 35.1 Å². The first-order chi connectivity index (χ1) is 11.6. The second kappa shape index (κ2) is 8.55. The molecule has 0 aliphatic carbocycles. The lowest BCUT2D eigenvalue weighted by Gasteiger charge is -2.40. The summed E-state index contributed by atoms with van der Waals surface area (Å²) in [7, 11) is 1.62. The lowest BCUT2D eigenvalue weighted by atomic mass is 9.80. The van der Waals surface area contributed by atoms with Crippen molar-refractivity contribution in [2.75, 3.05) is 13.7 Å². The normalized spacial score (nSPS) is 29.3. The Labute approximate surface area is 141 Å². The molecule has 24 heavy (non-hydrogen) atoms. The maximum absolute atomic E-state index is 9.23. The molecular formula is C17H22N4O3. The number of rotatable bonds is 6. The Bertz CT molecular complexity index is 622. The first-order valence-electron chi connectivity index (χ1n) is 7.90. The summed E-state index contributed by atoms with van der Waals surface area (Å²) in [4.78, 5) is 2.92. The smallest absolute Gasteiger partial charge is 0.147 e. The summed E-state index contributed by atoms with van der Waals surface area (Å²) in [6.45, 7) is 4.60. The van der Waals surface area contributed by atoms with Crippen LogP contribution < -0.4 is 4.74 Å². The van der Waals surface area contributed by atoms with Gasteiger partial charge in [0.05, 0.1) is 38.5 Å². The maximum Gasteiger partial charge on any atom is 0.147 e. The molecule has 128 valence electrons. The minimum absolute atomic E-state index is 0.00309. The van der Waals surface area contributed by atoms with Crippen LogP contribution in [-0.2, 0) is 16.1 Å². The molecule has 0 spiro atoms. The molecule has 1 aromatic carbocycles. The Morgan fingerprint density at radius 2 is 2.00 bits per heavy atom. The molecule has 7 heteroatoms. The molecule has 7 nitrogen and oxygen atoms in total. The van der Waals surface area contributed by atoms with E-state index >= 15 is 0 Å². The molecule has 2 rings (SSSR count). The second-order valence-corrected chi connectivity index (χ2v) is 6.00. The highest BCUT2D eigenvalue weighted by Crippen LogP contribution is 2.32. The van der Waals surface area contributed by atoms with Crippen LogP contribution in [0.1, 0.15) is 19.4 Å². The largest absolute Gasteiger partial charge is 0.497 e. The van der Waals surface area contributed by atoms with E-state index in [1.54, 1.807) is 7.11 Å². The molecule has 0 bridgehead atoms. The summed E-state index contributed by atoms with van der Waals surface area (Å²) >= 11 is 0. The number of methoxy groups -OCH3 is 1. The SMILES string of the molecule is COc1ccc(COCC2O[C@@H](C#N)C(C)[C@@H](C)[C@H]2N=[N+]=[N-])cc1. The average molecular weight is 330 g/mol. The third-order valence-electron chi connectivity index (χ3n) is 4.57. The standard InChI is InChI=1S/C17H22N4O3/c1-11-12(2)17(20-21-19)16(24-15(11)8-18)10-23-9-13-4-6-14(22-3)7-5-13/h4-7,11-12,15-17H,9-10H2,1-3H3/t11?,12-,15+,16?,17-/m1/s1. The molecular weight excluding hydrogens is 308 g/mol. The van der Waals surface area contributed by atoms with E-state index in [-0.39, 0.29) is 24.5 Å². The van der Waals surface area contributed by atoms with E-state index in [2.05, 4.69) is 16.1 Å². The Hall–Kier alpha value is -2.26. The highest BCUT2D eigenvalue weighted by atomic mass is 16.5. The summed E-state index contributed by atoms with van der Waals surface area (Å²) in [5.41, 5.74) is 9.81. The van der Waals surface area contributed by atoms with Crippen molar-refractivity contribution in [1.82, 2.24) is 0 Å². The Balaban J connectivity index is 1.97. The van der Waals surface area contributed by atoms with Gasteiger partial charge in [0.1, 0.15) is 11.9 Å². The molecule has 1 aliphatic rings. The summed E-state index contributed by atoms with van der Waals surface area (Å²) in [5, 5.41) is 13.1. The van der Waals surface area contributed by atoms with Crippen molar-refractivity contribution < 1.29 is 14.2 Å². The van der Waals surface area contributed by atoms with Crippen LogP contribution in [-0.4, -0.2) is 32.0 Å². The van der Waals surface area contributed by atoms with E-state index in [4.69, 9.17) is 19.7 Å². The van der Waals surface area contributed by atoms with Gasteiger partial charge in [0, 0.05) is 4.91 Å². The van der Waals surface area contributed by atoms with Gasteiger partial charge in [-0.1, -0.05) is 31.1 Å². The predicted octanol–water partition coefficient (Wildman–Crippen LogP) is 3.45. The van der Waals surface area contributed by atoms with Crippen molar-refractivity contribution >= 4 is 0 Å².